The Balaban J connectivity index is 1.42. The molecule has 2 bridgehead atoms. The number of rotatable bonds is 2. The van der Waals surface area contributed by atoms with Gasteiger partial charge in [0.25, 0.3) is 0 Å². The number of piperazine rings is 1. The second kappa shape index (κ2) is 4.22. The molecule has 0 radical (unpaired) electrons. The van der Waals surface area contributed by atoms with Crippen LogP contribution < -0.4 is 4.90 Å². The van der Waals surface area contributed by atoms with E-state index in [1.807, 2.05) is 17.2 Å². The second-order valence-corrected chi connectivity index (χ2v) is 6.78. The van der Waals surface area contributed by atoms with Gasteiger partial charge < -0.3 is 14.8 Å². The lowest BCUT2D eigenvalue weighted by Crippen LogP contribution is -2.51. The molecule has 1 N–H and O–H groups in total. The highest BCUT2D eigenvalue weighted by Crippen LogP contribution is 2.48. The second-order valence-electron chi connectivity index (χ2n) is 6.78. The molecule has 2 saturated heterocycles. The molecule has 3 fully saturated rings. The maximum absolute atomic E-state index is 12.6. The van der Waals surface area contributed by atoms with E-state index >= 15 is 0 Å². The maximum atomic E-state index is 12.6. The molecule has 2 aromatic heterocycles. The summed E-state index contributed by atoms with van der Waals surface area (Å²) in [4.78, 5) is 28.7. The minimum absolute atomic E-state index is 0.0432. The standard InChI is InChI=1S/C16H16N6O/c17-8-16(2-3-16)15(23)22-7-10-5-11(22)6-21(10)14-12-1-4-18-13(12)19-9-20-14/h1,4,9-11H,2-3,5-7H2,(H,18,19,20). The number of aromatic amines is 1. The summed E-state index contributed by atoms with van der Waals surface area (Å²) in [5.74, 6) is 0.985. The SMILES string of the molecule is N#CC1(C(=O)N2CC3CC2CN3c2ncnc3[nH]ccc23)CC1. The van der Waals surface area contributed by atoms with Crippen molar-refractivity contribution in [2.24, 2.45) is 5.41 Å². The molecule has 2 atom stereocenters. The van der Waals surface area contributed by atoms with E-state index < -0.39 is 5.41 Å². The molecule has 4 heterocycles. The molecular weight excluding hydrogens is 292 g/mol. The Bertz CT molecular complexity index is 848. The van der Waals surface area contributed by atoms with Gasteiger partial charge >= 0.3 is 0 Å². The molecule has 0 spiro atoms. The first-order chi connectivity index (χ1) is 11.2. The van der Waals surface area contributed by atoms with Crippen molar-refractivity contribution in [3.05, 3.63) is 18.6 Å². The summed E-state index contributed by atoms with van der Waals surface area (Å²) in [5.41, 5.74) is 0.130. The smallest absolute Gasteiger partial charge is 0.243 e. The monoisotopic (exact) mass is 308 g/mol. The molecular formula is C16H16N6O. The minimum Gasteiger partial charge on any atom is -0.349 e. The van der Waals surface area contributed by atoms with Crippen LogP contribution in [0.15, 0.2) is 18.6 Å². The molecule has 5 rings (SSSR count). The summed E-state index contributed by atoms with van der Waals surface area (Å²) in [5, 5.41) is 10.3. The van der Waals surface area contributed by atoms with Gasteiger partial charge in [-0.3, -0.25) is 4.79 Å². The van der Waals surface area contributed by atoms with Gasteiger partial charge in [0.15, 0.2) is 0 Å². The Hall–Kier alpha value is -2.62. The van der Waals surface area contributed by atoms with Crippen LogP contribution in [0.4, 0.5) is 5.82 Å². The van der Waals surface area contributed by atoms with Crippen molar-refractivity contribution >= 4 is 22.8 Å². The summed E-state index contributed by atoms with van der Waals surface area (Å²) < 4.78 is 0. The third kappa shape index (κ3) is 1.66. The van der Waals surface area contributed by atoms with Gasteiger partial charge in [-0.2, -0.15) is 5.26 Å². The molecule has 2 aliphatic heterocycles. The van der Waals surface area contributed by atoms with Crippen molar-refractivity contribution in [2.45, 2.75) is 31.3 Å². The lowest BCUT2D eigenvalue weighted by atomic mass is 10.1. The lowest BCUT2D eigenvalue weighted by Gasteiger charge is -2.36. The first-order valence-corrected chi connectivity index (χ1v) is 7.99. The summed E-state index contributed by atoms with van der Waals surface area (Å²) in [6.07, 6.45) is 5.85. The Morgan fingerprint density at radius 2 is 2.22 bits per heavy atom. The molecule has 7 nitrogen and oxygen atoms in total. The largest absolute Gasteiger partial charge is 0.349 e. The highest BCUT2D eigenvalue weighted by atomic mass is 16.2. The van der Waals surface area contributed by atoms with Crippen LogP contribution in [0.25, 0.3) is 11.0 Å². The first kappa shape index (κ1) is 12.9. The quantitative estimate of drug-likeness (QED) is 0.896. The Labute approximate surface area is 132 Å². The summed E-state index contributed by atoms with van der Waals surface area (Å²) in [7, 11) is 0. The Morgan fingerprint density at radius 3 is 2.91 bits per heavy atom. The normalized spacial score (nSPS) is 27.4. The molecule has 1 aliphatic carbocycles. The molecule has 3 aliphatic rings. The van der Waals surface area contributed by atoms with Crippen LogP contribution in [0.1, 0.15) is 19.3 Å². The van der Waals surface area contributed by atoms with E-state index in [1.165, 1.54) is 0 Å². The van der Waals surface area contributed by atoms with Crippen LogP contribution in [-0.4, -0.2) is 50.9 Å². The van der Waals surface area contributed by atoms with Crippen LogP contribution in [0.5, 0.6) is 0 Å². The summed E-state index contributed by atoms with van der Waals surface area (Å²) in [6, 6.07) is 4.70. The van der Waals surface area contributed by atoms with E-state index in [0.717, 1.165) is 42.7 Å². The van der Waals surface area contributed by atoms with Crippen LogP contribution in [-0.2, 0) is 4.79 Å². The predicted molar refractivity (Wildman–Crippen MR) is 82.4 cm³/mol. The number of hydrogen-bond acceptors (Lipinski definition) is 5. The van der Waals surface area contributed by atoms with E-state index in [-0.39, 0.29) is 18.0 Å². The van der Waals surface area contributed by atoms with E-state index in [2.05, 4.69) is 25.9 Å². The van der Waals surface area contributed by atoms with E-state index in [1.54, 1.807) is 6.33 Å². The van der Waals surface area contributed by atoms with Crippen LogP contribution in [0.2, 0.25) is 0 Å². The number of carbonyl (C=O) groups excluding carboxylic acids is 1. The fraction of sp³-hybridized carbons (Fsp3) is 0.500. The summed E-state index contributed by atoms with van der Waals surface area (Å²) in [6.45, 7) is 1.48. The predicted octanol–water partition coefficient (Wildman–Crippen LogP) is 1.05. The Morgan fingerprint density at radius 1 is 1.35 bits per heavy atom. The molecule has 7 heteroatoms. The minimum atomic E-state index is -0.710. The van der Waals surface area contributed by atoms with Crippen molar-refractivity contribution < 1.29 is 4.79 Å². The number of carbonyl (C=O) groups is 1. The van der Waals surface area contributed by atoms with Gasteiger partial charge in [-0.1, -0.05) is 0 Å². The van der Waals surface area contributed by atoms with Gasteiger partial charge in [0.2, 0.25) is 5.91 Å². The lowest BCUT2D eigenvalue weighted by molar-refractivity contribution is -0.136. The number of likely N-dealkylation sites (tertiary alicyclic amines) is 1. The maximum Gasteiger partial charge on any atom is 0.243 e. The molecule has 2 aromatic rings. The Kier molecular flexibility index (Phi) is 2.36. The number of nitrogens with zero attached hydrogens (tertiary/aromatic N) is 5. The van der Waals surface area contributed by atoms with Crippen molar-refractivity contribution in [1.82, 2.24) is 19.9 Å². The number of nitriles is 1. The van der Waals surface area contributed by atoms with Crippen molar-refractivity contribution in [2.75, 3.05) is 18.0 Å². The number of aromatic nitrogens is 3. The zero-order valence-corrected chi connectivity index (χ0v) is 12.6. The topological polar surface area (TPSA) is 88.9 Å². The van der Waals surface area contributed by atoms with Gasteiger partial charge in [-0.15, -0.1) is 0 Å². The van der Waals surface area contributed by atoms with E-state index in [9.17, 15) is 10.1 Å². The van der Waals surface area contributed by atoms with Gasteiger partial charge in [-0.05, 0) is 25.3 Å². The van der Waals surface area contributed by atoms with Gasteiger partial charge in [0, 0.05) is 19.3 Å². The van der Waals surface area contributed by atoms with Crippen molar-refractivity contribution in [3.8, 4) is 6.07 Å². The number of H-pyrrole nitrogens is 1. The molecule has 1 saturated carbocycles. The zero-order chi connectivity index (χ0) is 15.6. The third-order valence-electron chi connectivity index (χ3n) is 5.48. The number of nitrogens with one attached hydrogen (secondary N) is 1. The third-order valence-corrected chi connectivity index (χ3v) is 5.48. The average Bonchev–Trinajstić information content (AvgIpc) is 2.92. The van der Waals surface area contributed by atoms with Gasteiger partial charge in [0.1, 0.15) is 23.2 Å². The molecule has 116 valence electrons. The van der Waals surface area contributed by atoms with Gasteiger partial charge in [-0.25, -0.2) is 9.97 Å². The summed E-state index contributed by atoms with van der Waals surface area (Å²) >= 11 is 0. The van der Waals surface area contributed by atoms with E-state index in [0.29, 0.717) is 6.54 Å². The number of fused-ring (bicyclic) bond motifs is 3. The molecule has 23 heavy (non-hydrogen) atoms. The molecule has 0 aromatic carbocycles. The van der Waals surface area contributed by atoms with Crippen LogP contribution in [0.3, 0.4) is 0 Å². The number of amides is 1. The fourth-order valence-corrected chi connectivity index (χ4v) is 4.04. The highest BCUT2D eigenvalue weighted by molar-refractivity contribution is 5.90. The van der Waals surface area contributed by atoms with Crippen molar-refractivity contribution in [3.63, 3.8) is 0 Å². The molecule has 2 unspecified atom stereocenters. The molecule has 1 amide bonds. The van der Waals surface area contributed by atoms with Crippen LogP contribution in [0, 0.1) is 16.7 Å². The first-order valence-electron chi connectivity index (χ1n) is 7.99. The van der Waals surface area contributed by atoms with Crippen LogP contribution >= 0.6 is 0 Å². The van der Waals surface area contributed by atoms with Gasteiger partial charge in [0.05, 0.1) is 23.5 Å². The average molecular weight is 308 g/mol. The highest BCUT2D eigenvalue weighted by Gasteiger charge is 2.57. The fourth-order valence-electron chi connectivity index (χ4n) is 4.04. The number of anilines is 1. The van der Waals surface area contributed by atoms with E-state index in [4.69, 9.17) is 0 Å². The zero-order valence-electron chi connectivity index (χ0n) is 12.6. The number of hydrogen-bond donors (Lipinski definition) is 1. The van der Waals surface area contributed by atoms with Crippen molar-refractivity contribution in [1.29, 1.82) is 5.26 Å².